The molecule has 1 unspecified atom stereocenters. The highest BCUT2D eigenvalue weighted by molar-refractivity contribution is 6.82. The van der Waals surface area contributed by atoms with Gasteiger partial charge in [0.25, 0.3) is 0 Å². The molecule has 120 valence electrons. The minimum absolute atomic E-state index is 0. The van der Waals surface area contributed by atoms with Crippen molar-refractivity contribution in [2.45, 2.75) is 64.2 Å². The van der Waals surface area contributed by atoms with Gasteiger partial charge < -0.3 is 13.0 Å². The van der Waals surface area contributed by atoms with Crippen molar-refractivity contribution in [2.24, 2.45) is 0 Å². The molecule has 0 aromatic heterocycles. The van der Waals surface area contributed by atoms with Gasteiger partial charge in [0.15, 0.2) is 0 Å². The van der Waals surface area contributed by atoms with E-state index in [1.807, 2.05) is 19.6 Å². The second-order valence-corrected chi connectivity index (χ2v) is 9.82. The summed E-state index contributed by atoms with van der Waals surface area (Å²) in [5, 5.41) is 0. The maximum absolute atomic E-state index is 6.96. The molecule has 0 aromatic rings. The van der Waals surface area contributed by atoms with E-state index in [4.69, 9.17) is 14.3 Å². The number of rotatable bonds is 5. The van der Waals surface area contributed by atoms with Gasteiger partial charge in [-0.3, -0.25) is 0 Å². The van der Waals surface area contributed by atoms with Gasteiger partial charge in [0, 0.05) is 14.2 Å². The molecule has 1 atom stereocenters. The number of hydrogen-bond donors (Lipinski definition) is 0. The van der Waals surface area contributed by atoms with Gasteiger partial charge in [-0.05, 0) is 19.6 Å². The SMILES string of the molecule is C.C.C.C.C.C.[3H]CO[Si](C)(C)O[Si](C)(C=C)OC. The van der Waals surface area contributed by atoms with Crippen LogP contribution in [0, 0.1) is 0 Å². The van der Waals surface area contributed by atoms with Crippen LogP contribution < -0.4 is 0 Å². The predicted octanol–water partition coefficient (Wildman–Crippen LogP) is 5.61. The third kappa shape index (κ3) is 16.1. The van der Waals surface area contributed by atoms with Crippen LogP contribution in [0.5, 0.6) is 0 Å². The first-order valence-corrected chi connectivity index (χ1v) is 8.92. The van der Waals surface area contributed by atoms with E-state index < -0.39 is 17.1 Å². The summed E-state index contributed by atoms with van der Waals surface area (Å²) in [5.41, 5.74) is 1.72. The van der Waals surface area contributed by atoms with Gasteiger partial charge in [0.2, 0.25) is 0 Å². The van der Waals surface area contributed by atoms with Crippen LogP contribution in [0.4, 0.5) is 0 Å². The Bertz CT molecular complexity index is 181. The third-order valence-corrected chi connectivity index (χ3v) is 7.41. The van der Waals surface area contributed by atoms with Crippen molar-refractivity contribution in [1.82, 2.24) is 0 Å². The standard InChI is InChI=1S/C7H18O3Si2.6CH4/c1-7-12(6,9-3)10-11(4,5)8-2;;;;;;/h7H,1H2,2-6H3;6*1H4/i2T;;;;;;. The molecular formula is C13H42O3Si2. The zero-order valence-electron chi connectivity index (χ0n) is 9.22. The summed E-state index contributed by atoms with van der Waals surface area (Å²) < 4.78 is 23.2. The summed E-state index contributed by atoms with van der Waals surface area (Å²) in [4.78, 5) is 0. The first kappa shape index (κ1) is 36.1. The van der Waals surface area contributed by atoms with Crippen molar-refractivity contribution in [2.75, 3.05) is 14.2 Å². The molecule has 0 aliphatic heterocycles. The summed E-state index contributed by atoms with van der Waals surface area (Å²) in [7, 11) is -2.91. The molecule has 0 rings (SSSR count). The van der Waals surface area contributed by atoms with Gasteiger partial charge in [-0.1, -0.05) is 50.3 Å². The largest absolute Gasteiger partial charge is 0.412 e. The van der Waals surface area contributed by atoms with Crippen LogP contribution >= 0.6 is 0 Å². The zero-order chi connectivity index (χ0) is 10.5. The van der Waals surface area contributed by atoms with Crippen molar-refractivity contribution in [3.05, 3.63) is 12.3 Å². The normalized spacial score (nSPS) is 12.1. The topological polar surface area (TPSA) is 27.7 Å². The summed E-state index contributed by atoms with van der Waals surface area (Å²) >= 11 is 0. The predicted molar refractivity (Wildman–Crippen MR) is 94.8 cm³/mol. The van der Waals surface area contributed by atoms with Gasteiger partial charge in [0.05, 0.1) is 1.37 Å². The van der Waals surface area contributed by atoms with Gasteiger partial charge in [-0.25, -0.2) is 0 Å². The first-order valence-electron chi connectivity index (χ1n) is 4.42. The van der Waals surface area contributed by atoms with Crippen LogP contribution in [0.1, 0.15) is 45.9 Å². The molecule has 0 aliphatic rings. The summed E-state index contributed by atoms with van der Waals surface area (Å²) in [6, 6.07) is 0. The lowest BCUT2D eigenvalue weighted by Gasteiger charge is -2.30. The highest BCUT2D eigenvalue weighted by atomic mass is 28.5. The van der Waals surface area contributed by atoms with E-state index >= 15 is 0 Å². The third-order valence-electron chi connectivity index (χ3n) is 1.57. The molecule has 18 heavy (non-hydrogen) atoms. The van der Waals surface area contributed by atoms with Crippen LogP contribution in [0.2, 0.25) is 19.6 Å². The average Bonchev–Trinajstić information content (AvgIpc) is 2.03. The van der Waals surface area contributed by atoms with E-state index in [1.54, 1.807) is 12.8 Å². The van der Waals surface area contributed by atoms with E-state index in [1.165, 1.54) is 0 Å². The molecule has 0 fully saturated rings. The van der Waals surface area contributed by atoms with Gasteiger partial charge >= 0.3 is 17.1 Å². The average molecular weight is 305 g/mol. The van der Waals surface area contributed by atoms with Crippen molar-refractivity contribution in [3.63, 3.8) is 0 Å². The van der Waals surface area contributed by atoms with Crippen LogP contribution in [0.15, 0.2) is 12.3 Å². The molecule has 0 bridgehead atoms. The van der Waals surface area contributed by atoms with E-state index in [0.717, 1.165) is 0 Å². The van der Waals surface area contributed by atoms with E-state index in [2.05, 4.69) is 6.58 Å². The Morgan fingerprint density at radius 1 is 0.944 bits per heavy atom. The Morgan fingerprint density at radius 2 is 1.33 bits per heavy atom. The van der Waals surface area contributed by atoms with Crippen molar-refractivity contribution in [3.8, 4) is 0 Å². The summed E-state index contributed by atoms with van der Waals surface area (Å²) in [5.74, 6) is 0. The first-order chi connectivity index (χ1) is 5.89. The van der Waals surface area contributed by atoms with Gasteiger partial charge in [-0.2, -0.15) is 0 Å². The fraction of sp³-hybridized carbons (Fsp3) is 0.846. The molecule has 0 aliphatic carbocycles. The minimum atomic E-state index is -2.25. The zero-order valence-corrected chi connectivity index (χ0v) is 10.2. The summed E-state index contributed by atoms with van der Waals surface area (Å²) in [6.07, 6.45) is 0. The maximum atomic E-state index is 6.96. The lowest BCUT2D eigenvalue weighted by atomic mass is 11.3. The van der Waals surface area contributed by atoms with Crippen LogP contribution in [0.3, 0.4) is 0 Å². The molecular weight excluding hydrogens is 260 g/mol. The fourth-order valence-corrected chi connectivity index (χ4v) is 5.66. The maximum Gasteiger partial charge on any atom is 0.352 e. The number of hydrogen-bond acceptors (Lipinski definition) is 3. The summed E-state index contributed by atoms with van der Waals surface area (Å²) in [6.45, 7) is 9.38. The quantitative estimate of drug-likeness (QED) is 0.618. The monoisotopic (exact) mass is 304 g/mol. The molecule has 0 saturated carbocycles. The lowest BCUT2D eigenvalue weighted by Crippen LogP contribution is -2.48. The highest BCUT2D eigenvalue weighted by Crippen LogP contribution is 2.15. The molecule has 0 heterocycles. The molecule has 0 radical (unpaired) electrons. The Hall–Kier alpha value is 0.0538. The van der Waals surface area contributed by atoms with Crippen LogP contribution in [-0.4, -0.2) is 31.3 Å². The second kappa shape index (κ2) is 17.1. The smallest absolute Gasteiger partial charge is 0.352 e. The molecule has 0 aromatic carbocycles. The molecule has 5 heteroatoms. The molecule has 3 nitrogen and oxygen atoms in total. The Labute approximate surface area is 122 Å². The molecule has 0 N–H and O–H groups in total. The van der Waals surface area contributed by atoms with Crippen LogP contribution in [-0.2, 0) is 13.0 Å². The van der Waals surface area contributed by atoms with Crippen molar-refractivity contribution < 1.29 is 14.3 Å². The van der Waals surface area contributed by atoms with E-state index in [0.29, 0.717) is 0 Å². The lowest BCUT2D eigenvalue weighted by molar-refractivity contribution is 0.255. The van der Waals surface area contributed by atoms with Gasteiger partial charge in [0.1, 0.15) is 0 Å². The Balaban J connectivity index is -0.0000000480. The van der Waals surface area contributed by atoms with E-state index in [-0.39, 0.29) is 51.6 Å². The van der Waals surface area contributed by atoms with Crippen LogP contribution in [0.25, 0.3) is 0 Å². The van der Waals surface area contributed by atoms with Crippen molar-refractivity contribution in [1.29, 1.82) is 0 Å². The highest BCUT2D eigenvalue weighted by Gasteiger charge is 2.36. The molecule has 0 spiro atoms. The molecule has 0 saturated heterocycles. The van der Waals surface area contributed by atoms with E-state index in [9.17, 15) is 0 Å². The Morgan fingerprint density at radius 3 is 1.56 bits per heavy atom. The van der Waals surface area contributed by atoms with Gasteiger partial charge in [-0.15, -0.1) is 6.58 Å². The molecule has 0 amide bonds. The van der Waals surface area contributed by atoms with Crippen molar-refractivity contribution >= 4 is 17.1 Å². The second-order valence-electron chi connectivity index (χ2n) is 3.07. The Kier molecular flexibility index (Phi) is 34.2. The fourth-order valence-electron chi connectivity index (χ4n) is 0.684. The minimum Gasteiger partial charge on any atom is -0.412 e.